The number of Topliss-reactive ketones (excluding diaryl/α,β-unsaturated/α-hetero) is 4. The van der Waals surface area contributed by atoms with Crippen LogP contribution in [0.3, 0.4) is 0 Å². The van der Waals surface area contributed by atoms with E-state index in [1.54, 1.807) is 0 Å². The first kappa shape index (κ1) is 52.8. The SMILES string of the molecule is CC1(C)CC(=O)C2=C(C1)NC1=C(C(=O)CC(C)(C)C1)C2c1cn(-c2ccccc2)nc1-c1ccc(OCCCCOc2ccc(-c3nn(-c4ccccc4)cc3C3C4=C(CC(C)(C)CC4=O)NC4=C3C(=O)CC(C)(C)C4)cc2)cc1. The van der Waals surface area contributed by atoms with Gasteiger partial charge in [0.1, 0.15) is 11.5 Å². The smallest absolute Gasteiger partial charge is 0.162 e. The number of unbranched alkanes of at least 4 members (excludes halogenated alkanes) is 1. The van der Waals surface area contributed by atoms with Gasteiger partial charge in [0.25, 0.3) is 0 Å². The van der Waals surface area contributed by atoms with Crippen molar-refractivity contribution in [3.05, 3.63) is 178 Å². The second-order valence-electron chi connectivity index (χ2n) is 26.3. The second kappa shape index (κ2) is 20.0. The molecule has 0 spiro atoms. The van der Waals surface area contributed by atoms with E-state index >= 15 is 0 Å². The highest BCUT2D eigenvalue weighted by Gasteiger charge is 2.49. The van der Waals surface area contributed by atoms with Crippen molar-refractivity contribution in [3.8, 4) is 45.4 Å². The number of ketones is 4. The summed E-state index contributed by atoms with van der Waals surface area (Å²) in [4.78, 5) is 57.2. The molecule has 4 aliphatic carbocycles. The Kier molecular flexibility index (Phi) is 13.2. The second-order valence-corrected chi connectivity index (χ2v) is 26.3. The summed E-state index contributed by atoms with van der Waals surface area (Å²) in [5, 5.41) is 17.7. The zero-order chi connectivity index (χ0) is 55.9. The summed E-state index contributed by atoms with van der Waals surface area (Å²) in [5.74, 6) is 0.699. The molecule has 6 aromatic rings. The first-order valence-electron chi connectivity index (χ1n) is 28.5. The Morgan fingerprint density at radius 3 is 1.02 bits per heavy atom. The molecule has 6 aliphatic rings. The van der Waals surface area contributed by atoms with E-state index in [1.165, 1.54) is 0 Å². The molecule has 0 amide bonds. The Labute approximate surface area is 469 Å². The maximum absolute atomic E-state index is 14.3. The number of rotatable bonds is 13. The van der Waals surface area contributed by atoms with E-state index in [4.69, 9.17) is 19.7 Å². The fourth-order valence-electron chi connectivity index (χ4n) is 13.5. The number of carbonyl (C=O) groups excluding carboxylic acids is 4. The maximum atomic E-state index is 14.3. The summed E-state index contributed by atoms with van der Waals surface area (Å²) >= 11 is 0. The summed E-state index contributed by atoms with van der Waals surface area (Å²) < 4.78 is 16.3. The predicted octanol–water partition coefficient (Wildman–Crippen LogP) is 13.6. The van der Waals surface area contributed by atoms with Gasteiger partial charge in [0.15, 0.2) is 23.1 Å². The quantitative estimate of drug-likeness (QED) is 0.107. The lowest BCUT2D eigenvalue weighted by molar-refractivity contribution is -0.120. The predicted molar refractivity (Wildman–Crippen MR) is 310 cm³/mol. The number of hydrogen-bond donors (Lipinski definition) is 2. The number of allylic oxidation sites excluding steroid dienone is 8. The number of benzene rings is 4. The van der Waals surface area contributed by atoms with Gasteiger partial charge >= 0.3 is 0 Å². The van der Waals surface area contributed by atoms with Gasteiger partial charge in [0.2, 0.25) is 0 Å². The highest BCUT2D eigenvalue weighted by molar-refractivity contribution is 6.08. The summed E-state index contributed by atoms with van der Waals surface area (Å²) in [7, 11) is 0. The highest BCUT2D eigenvalue weighted by Crippen LogP contribution is 2.55. The van der Waals surface area contributed by atoms with Crippen LogP contribution in [0.2, 0.25) is 0 Å². The fraction of sp³-hybridized carbons (Fsp3) is 0.382. The number of hydrogen-bond acceptors (Lipinski definition) is 10. The summed E-state index contributed by atoms with van der Waals surface area (Å²) in [6.07, 6.45) is 10.1. The van der Waals surface area contributed by atoms with Crippen molar-refractivity contribution in [2.75, 3.05) is 13.2 Å². The monoisotopic (exact) mass is 1070 g/mol. The van der Waals surface area contributed by atoms with Crippen LogP contribution in [0.1, 0.15) is 143 Å². The van der Waals surface area contributed by atoms with Crippen molar-refractivity contribution in [1.82, 2.24) is 30.2 Å². The molecule has 0 unspecified atom stereocenters. The number of nitrogens with one attached hydrogen (secondary N) is 2. The van der Waals surface area contributed by atoms with Gasteiger partial charge in [-0.15, -0.1) is 0 Å². The van der Waals surface area contributed by atoms with Gasteiger partial charge in [-0.2, -0.15) is 10.2 Å². The average molecular weight is 1070 g/mol. The van der Waals surface area contributed by atoms with Crippen molar-refractivity contribution in [3.63, 3.8) is 0 Å². The first-order valence-corrected chi connectivity index (χ1v) is 28.5. The minimum absolute atomic E-state index is 0.0777. The van der Waals surface area contributed by atoms with E-state index in [0.717, 1.165) is 118 Å². The largest absolute Gasteiger partial charge is 0.494 e. The molecule has 0 fully saturated rings. The van der Waals surface area contributed by atoms with Crippen LogP contribution >= 0.6 is 0 Å². The molecule has 0 saturated carbocycles. The van der Waals surface area contributed by atoms with Crippen LogP contribution < -0.4 is 20.1 Å². The zero-order valence-corrected chi connectivity index (χ0v) is 47.4. The minimum Gasteiger partial charge on any atom is -0.494 e. The van der Waals surface area contributed by atoms with Crippen LogP contribution in [0, 0.1) is 21.7 Å². The number of nitrogens with zero attached hydrogens (tertiary/aromatic N) is 4. The highest BCUT2D eigenvalue weighted by atomic mass is 16.5. The van der Waals surface area contributed by atoms with E-state index in [2.05, 4.69) is 66.0 Å². The average Bonchev–Trinajstić information content (AvgIpc) is 4.21. The van der Waals surface area contributed by atoms with Crippen molar-refractivity contribution < 1.29 is 28.7 Å². The fourth-order valence-corrected chi connectivity index (χ4v) is 13.5. The van der Waals surface area contributed by atoms with Crippen molar-refractivity contribution in [1.29, 1.82) is 0 Å². The first-order chi connectivity index (χ1) is 38.2. The van der Waals surface area contributed by atoms with E-state index in [0.29, 0.717) is 61.2 Å². The summed E-state index contributed by atoms with van der Waals surface area (Å²) in [6, 6.07) is 35.9. The van der Waals surface area contributed by atoms with Crippen molar-refractivity contribution in [2.45, 2.75) is 131 Å². The molecular weight excluding hydrogens is 997 g/mol. The van der Waals surface area contributed by atoms with E-state index in [1.807, 2.05) is 131 Å². The third-order valence-electron chi connectivity index (χ3n) is 16.9. The van der Waals surface area contributed by atoms with Crippen LogP contribution in [0.4, 0.5) is 0 Å². The topological polar surface area (TPSA) is 146 Å². The number of ether oxygens (including phenoxy) is 2. The molecule has 4 heterocycles. The Balaban J connectivity index is 0.747. The lowest BCUT2D eigenvalue weighted by atomic mass is 9.64. The van der Waals surface area contributed by atoms with Crippen LogP contribution in [-0.4, -0.2) is 55.9 Å². The lowest BCUT2D eigenvalue weighted by Gasteiger charge is -2.43. The zero-order valence-electron chi connectivity index (χ0n) is 47.4. The number of para-hydroxylation sites is 2. The molecule has 12 nitrogen and oxygen atoms in total. The molecule has 12 heteroatoms. The molecule has 0 radical (unpaired) electrons. The normalized spacial score (nSPS) is 20.4. The van der Waals surface area contributed by atoms with Crippen LogP contribution in [0.15, 0.2) is 167 Å². The number of dihydropyridines is 2. The van der Waals surface area contributed by atoms with E-state index < -0.39 is 11.8 Å². The maximum Gasteiger partial charge on any atom is 0.162 e. The molecule has 2 N–H and O–H groups in total. The van der Waals surface area contributed by atoms with Gasteiger partial charge < -0.3 is 20.1 Å². The molecule has 4 aromatic carbocycles. The molecule has 0 bridgehead atoms. The third kappa shape index (κ3) is 10.2. The Bertz CT molecular complexity index is 3280. The van der Waals surface area contributed by atoms with Gasteiger partial charge in [-0.05, 0) is 133 Å². The molecule has 2 aromatic heterocycles. The Hall–Kier alpha value is -7.86. The molecule has 0 atom stereocenters. The third-order valence-corrected chi connectivity index (χ3v) is 16.9. The van der Waals surface area contributed by atoms with Crippen LogP contribution in [0.5, 0.6) is 11.5 Å². The minimum atomic E-state index is -0.535. The Morgan fingerprint density at radius 1 is 0.425 bits per heavy atom. The summed E-state index contributed by atoms with van der Waals surface area (Å²) in [5.41, 5.74) is 12.3. The van der Waals surface area contributed by atoms with Gasteiger partial charge in [-0.1, -0.05) is 91.8 Å². The number of carbonyl (C=O) groups is 4. The van der Waals surface area contributed by atoms with E-state index in [9.17, 15) is 19.2 Å². The van der Waals surface area contributed by atoms with E-state index in [-0.39, 0.29) is 44.8 Å². The molecule has 410 valence electrons. The van der Waals surface area contributed by atoms with Crippen molar-refractivity contribution >= 4 is 23.1 Å². The molecule has 2 aliphatic heterocycles. The molecule has 0 saturated heterocycles. The van der Waals surface area contributed by atoms with Gasteiger partial charge in [-0.25, -0.2) is 9.36 Å². The van der Waals surface area contributed by atoms with Gasteiger partial charge in [0, 0.05) is 117 Å². The van der Waals surface area contributed by atoms with Crippen LogP contribution in [0.25, 0.3) is 33.9 Å². The number of aromatic nitrogens is 4. The molecule has 80 heavy (non-hydrogen) atoms. The standard InChI is InChI=1S/C68H72N6O6/c1-65(2)31-49-59(53(75)35-65)57(60-50(69-49)32-66(3,4)36-54(60)76)47-39-73(43-17-11-9-12-18-43)71-63(47)41-21-25-45(26-22-41)79-29-15-16-30-80-46-27-23-42(24-28-46)64-48(40-74(72-64)44-19-13-10-14-20-44)58-61-51(33-67(5,6)37-55(61)77)70-52-34-68(7,8)38-56(78)62(52)58/h9-14,17-28,39-40,57-58,69-70H,15-16,29-38H2,1-8H3. The summed E-state index contributed by atoms with van der Waals surface area (Å²) in [6.45, 7) is 18.1. The van der Waals surface area contributed by atoms with Crippen LogP contribution in [-0.2, 0) is 19.2 Å². The van der Waals surface area contributed by atoms with Gasteiger partial charge in [-0.3, -0.25) is 19.2 Å². The molecular formula is C68H72N6O6. The lowest BCUT2D eigenvalue weighted by Crippen LogP contribution is -2.42. The molecule has 12 rings (SSSR count). The Morgan fingerprint density at radius 2 is 0.725 bits per heavy atom. The van der Waals surface area contributed by atoms with Gasteiger partial charge in [0.05, 0.1) is 36.0 Å². The van der Waals surface area contributed by atoms with Crippen molar-refractivity contribution in [2.24, 2.45) is 21.7 Å².